The van der Waals surface area contributed by atoms with Crippen LogP contribution in [0.4, 0.5) is 10.1 Å². The summed E-state index contributed by atoms with van der Waals surface area (Å²) >= 11 is 3.13. The third-order valence-corrected chi connectivity index (χ3v) is 2.80. The molecular weight excluding hydrogens is 305 g/mol. The van der Waals surface area contributed by atoms with E-state index in [4.69, 9.17) is 0 Å². The van der Waals surface area contributed by atoms with Gasteiger partial charge in [0.15, 0.2) is 0 Å². The lowest BCUT2D eigenvalue weighted by Crippen LogP contribution is -2.13. The SMILES string of the molecule is O=C(Nc1ccc(F)cc1Br)c1ccc(=O)oc1. The second-order valence-corrected chi connectivity index (χ2v) is 4.28. The molecular formula is C12H7BrFNO3. The van der Waals surface area contributed by atoms with Gasteiger partial charge in [-0.3, -0.25) is 4.79 Å². The Bertz CT molecular complexity index is 634. The zero-order valence-corrected chi connectivity index (χ0v) is 10.5. The molecule has 0 aliphatic heterocycles. The Morgan fingerprint density at radius 1 is 1.28 bits per heavy atom. The number of carbonyl (C=O) groups is 1. The number of hydrogen-bond acceptors (Lipinski definition) is 3. The van der Waals surface area contributed by atoms with Crippen molar-refractivity contribution < 1.29 is 13.6 Å². The average molecular weight is 312 g/mol. The fourth-order valence-electron chi connectivity index (χ4n) is 1.27. The summed E-state index contributed by atoms with van der Waals surface area (Å²) in [4.78, 5) is 22.5. The minimum atomic E-state index is -0.533. The molecule has 1 amide bonds. The van der Waals surface area contributed by atoms with Gasteiger partial charge in [0, 0.05) is 10.5 Å². The number of anilines is 1. The maximum absolute atomic E-state index is 12.9. The molecule has 0 aliphatic carbocycles. The summed E-state index contributed by atoms with van der Waals surface area (Å²) < 4.78 is 17.9. The molecule has 92 valence electrons. The number of hydrogen-bond donors (Lipinski definition) is 1. The molecule has 0 aliphatic rings. The summed E-state index contributed by atoms with van der Waals surface area (Å²) in [6, 6.07) is 6.38. The van der Waals surface area contributed by atoms with E-state index < -0.39 is 17.3 Å². The molecule has 6 heteroatoms. The molecule has 0 fully saturated rings. The van der Waals surface area contributed by atoms with Crippen molar-refractivity contribution in [3.63, 3.8) is 0 Å². The molecule has 1 aromatic heterocycles. The van der Waals surface area contributed by atoms with Crippen molar-refractivity contribution in [2.75, 3.05) is 5.32 Å². The van der Waals surface area contributed by atoms with Crippen LogP contribution in [0.1, 0.15) is 10.4 Å². The fourth-order valence-corrected chi connectivity index (χ4v) is 1.72. The van der Waals surface area contributed by atoms with Crippen molar-refractivity contribution >= 4 is 27.5 Å². The summed E-state index contributed by atoms with van der Waals surface area (Å²) in [7, 11) is 0. The summed E-state index contributed by atoms with van der Waals surface area (Å²) in [6.07, 6.45) is 1.06. The third kappa shape index (κ3) is 2.84. The predicted octanol–water partition coefficient (Wildman–Crippen LogP) is 2.79. The minimum Gasteiger partial charge on any atom is -0.430 e. The number of halogens is 2. The molecule has 0 saturated heterocycles. The molecule has 0 saturated carbocycles. The van der Waals surface area contributed by atoms with Crippen LogP contribution in [0.25, 0.3) is 0 Å². The minimum absolute atomic E-state index is 0.200. The Morgan fingerprint density at radius 2 is 2.06 bits per heavy atom. The van der Waals surface area contributed by atoms with Crippen molar-refractivity contribution in [3.05, 3.63) is 62.9 Å². The van der Waals surface area contributed by atoms with Crippen molar-refractivity contribution in [1.29, 1.82) is 0 Å². The zero-order valence-electron chi connectivity index (χ0n) is 8.94. The highest BCUT2D eigenvalue weighted by Gasteiger charge is 2.09. The topological polar surface area (TPSA) is 59.3 Å². The van der Waals surface area contributed by atoms with Crippen molar-refractivity contribution in [1.82, 2.24) is 0 Å². The van der Waals surface area contributed by atoms with Gasteiger partial charge in [-0.05, 0) is 40.2 Å². The quantitative estimate of drug-likeness (QED) is 0.927. The van der Waals surface area contributed by atoms with E-state index in [1.54, 1.807) is 0 Å². The zero-order chi connectivity index (χ0) is 13.1. The fraction of sp³-hybridized carbons (Fsp3) is 0. The van der Waals surface area contributed by atoms with E-state index in [2.05, 4.69) is 25.7 Å². The van der Waals surface area contributed by atoms with Crippen LogP contribution in [0.15, 0.2) is 50.3 Å². The van der Waals surface area contributed by atoms with Crippen LogP contribution >= 0.6 is 15.9 Å². The lowest BCUT2D eigenvalue weighted by molar-refractivity contribution is 0.102. The second kappa shape index (κ2) is 5.14. The number of amides is 1. The van der Waals surface area contributed by atoms with E-state index in [1.165, 1.54) is 24.3 Å². The summed E-state index contributed by atoms with van der Waals surface area (Å²) in [5, 5.41) is 2.56. The van der Waals surface area contributed by atoms with Crippen LogP contribution < -0.4 is 10.9 Å². The van der Waals surface area contributed by atoms with Gasteiger partial charge in [0.05, 0.1) is 11.3 Å². The number of rotatable bonds is 2. The molecule has 2 aromatic rings. The van der Waals surface area contributed by atoms with E-state index in [1.807, 2.05) is 0 Å². The monoisotopic (exact) mass is 311 g/mol. The van der Waals surface area contributed by atoms with E-state index in [0.717, 1.165) is 12.3 Å². The van der Waals surface area contributed by atoms with Gasteiger partial charge in [0.2, 0.25) is 0 Å². The van der Waals surface area contributed by atoms with E-state index in [-0.39, 0.29) is 5.56 Å². The molecule has 4 nitrogen and oxygen atoms in total. The Hall–Kier alpha value is -1.95. The van der Waals surface area contributed by atoms with Crippen molar-refractivity contribution in [2.45, 2.75) is 0 Å². The smallest absolute Gasteiger partial charge is 0.335 e. The van der Waals surface area contributed by atoms with Crippen molar-refractivity contribution in [3.8, 4) is 0 Å². The van der Waals surface area contributed by atoms with Crippen LogP contribution in [0.3, 0.4) is 0 Å². The highest BCUT2D eigenvalue weighted by molar-refractivity contribution is 9.10. The normalized spacial score (nSPS) is 10.1. The molecule has 2 rings (SSSR count). The van der Waals surface area contributed by atoms with Gasteiger partial charge in [0.25, 0.3) is 5.91 Å². The Kier molecular flexibility index (Phi) is 3.57. The van der Waals surface area contributed by atoms with Gasteiger partial charge < -0.3 is 9.73 Å². The lowest BCUT2D eigenvalue weighted by Gasteiger charge is -2.06. The highest BCUT2D eigenvalue weighted by atomic mass is 79.9. The number of carbonyl (C=O) groups excluding carboxylic acids is 1. The van der Waals surface area contributed by atoms with Gasteiger partial charge in [-0.1, -0.05) is 0 Å². The van der Waals surface area contributed by atoms with Gasteiger partial charge in [-0.25, -0.2) is 9.18 Å². The molecule has 0 radical (unpaired) electrons. The second-order valence-electron chi connectivity index (χ2n) is 3.42. The van der Waals surface area contributed by atoms with Crippen molar-refractivity contribution in [2.24, 2.45) is 0 Å². The third-order valence-electron chi connectivity index (χ3n) is 2.14. The predicted molar refractivity (Wildman–Crippen MR) is 67.0 cm³/mol. The van der Waals surface area contributed by atoms with Crippen LogP contribution in [-0.2, 0) is 0 Å². The average Bonchev–Trinajstić information content (AvgIpc) is 2.33. The van der Waals surface area contributed by atoms with Crippen LogP contribution in [0, 0.1) is 5.82 Å². The molecule has 1 aromatic carbocycles. The molecule has 0 unspecified atom stereocenters. The van der Waals surface area contributed by atoms with E-state index in [9.17, 15) is 14.0 Å². The van der Waals surface area contributed by atoms with Crippen LogP contribution in [0.2, 0.25) is 0 Å². The van der Waals surface area contributed by atoms with Gasteiger partial charge in [0.1, 0.15) is 12.1 Å². The largest absolute Gasteiger partial charge is 0.430 e. The first kappa shape index (κ1) is 12.5. The van der Waals surface area contributed by atoms with Gasteiger partial charge in [-0.15, -0.1) is 0 Å². The Labute approximate surface area is 110 Å². The first-order valence-electron chi connectivity index (χ1n) is 4.91. The molecule has 0 atom stereocenters. The van der Waals surface area contributed by atoms with Crippen LogP contribution in [-0.4, -0.2) is 5.91 Å². The summed E-state index contributed by atoms with van der Waals surface area (Å²) in [6.45, 7) is 0. The summed E-state index contributed by atoms with van der Waals surface area (Å²) in [5.41, 5.74) is 0.0907. The molecule has 18 heavy (non-hydrogen) atoms. The highest BCUT2D eigenvalue weighted by Crippen LogP contribution is 2.23. The first-order chi connectivity index (χ1) is 8.56. The Morgan fingerprint density at radius 3 is 2.67 bits per heavy atom. The summed E-state index contributed by atoms with van der Waals surface area (Å²) in [5.74, 6) is -0.864. The number of nitrogens with one attached hydrogen (secondary N) is 1. The van der Waals surface area contributed by atoms with E-state index >= 15 is 0 Å². The molecule has 0 bridgehead atoms. The first-order valence-corrected chi connectivity index (χ1v) is 5.71. The number of benzene rings is 1. The molecule has 0 spiro atoms. The van der Waals surface area contributed by atoms with Crippen LogP contribution in [0.5, 0.6) is 0 Å². The van der Waals surface area contributed by atoms with Gasteiger partial charge >= 0.3 is 5.63 Å². The standard InChI is InChI=1S/C12H7BrFNO3/c13-9-5-8(14)2-3-10(9)15-12(17)7-1-4-11(16)18-6-7/h1-6H,(H,15,17). The molecule has 1 N–H and O–H groups in total. The molecule has 1 heterocycles. The van der Waals surface area contributed by atoms with E-state index in [0.29, 0.717) is 10.2 Å². The maximum Gasteiger partial charge on any atom is 0.335 e. The lowest BCUT2D eigenvalue weighted by atomic mass is 10.2. The van der Waals surface area contributed by atoms with Gasteiger partial charge in [-0.2, -0.15) is 0 Å². The Balaban J connectivity index is 2.21. The maximum atomic E-state index is 12.9.